The number of amides is 1. The summed E-state index contributed by atoms with van der Waals surface area (Å²) >= 11 is 0. The van der Waals surface area contributed by atoms with Gasteiger partial charge in [0.2, 0.25) is 5.91 Å². The number of unbranched alkanes of at least 4 members (excludes halogenated alkanes) is 44. The lowest BCUT2D eigenvalue weighted by atomic mass is 10.0. The molecule has 0 aliphatic heterocycles. The molecule has 0 heterocycles. The van der Waals surface area contributed by atoms with E-state index in [-0.39, 0.29) is 19.1 Å². The number of hydrogen-bond acceptors (Lipinski definition) is 5. The van der Waals surface area contributed by atoms with Gasteiger partial charge in [-0.15, -0.1) is 0 Å². The normalized spacial score (nSPS) is 14.1. The molecule has 0 aromatic rings. The van der Waals surface area contributed by atoms with Crippen molar-refractivity contribution in [3.05, 3.63) is 97.2 Å². The van der Waals surface area contributed by atoms with Gasteiger partial charge in [-0.3, -0.25) is 13.8 Å². The Labute approximate surface area is 559 Å². The van der Waals surface area contributed by atoms with E-state index in [0.717, 1.165) is 83.5 Å². The average molecular weight is 1280 g/mol. The number of rotatable bonds is 71. The Kier molecular flexibility index (Phi) is 68.7. The van der Waals surface area contributed by atoms with Gasteiger partial charge in [0, 0.05) is 6.42 Å². The molecule has 0 spiro atoms. The van der Waals surface area contributed by atoms with Crippen molar-refractivity contribution in [2.75, 3.05) is 40.9 Å². The highest BCUT2D eigenvalue weighted by atomic mass is 31.2. The third-order valence-corrected chi connectivity index (χ3v) is 18.3. The molecule has 0 aromatic heterocycles. The van der Waals surface area contributed by atoms with E-state index < -0.39 is 20.0 Å². The van der Waals surface area contributed by atoms with E-state index in [4.69, 9.17) is 9.05 Å². The number of hydrogen-bond donors (Lipinski definition) is 3. The second-order valence-corrected chi connectivity index (χ2v) is 28.8. The molecule has 3 atom stereocenters. The van der Waals surface area contributed by atoms with Crippen LogP contribution < -0.4 is 5.32 Å². The molecule has 0 saturated carbocycles. The van der Waals surface area contributed by atoms with E-state index in [9.17, 15) is 19.4 Å². The maximum Gasteiger partial charge on any atom is 0.472 e. The highest BCUT2D eigenvalue weighted by Gasteiger charge is 2.28. The van der Waals surface area contributed by atoms with Gasteiger partial charge in [0.05, 0.1) is 39.9 Å². The van der Waals surface area contributed by atoms with E-state index in [1.54, 1.807) is 6.08 Å². The zero-order valence-electron chi connectivity index (χ0n) is 60.1. The van der Waals surface area contributed by atoms with Crippen molar-refractivity contribution >= 4 is 13.7 Å². The van der Waals surface area contributed by atoms with E-state index >= 15 is 0 Å². The van der Waals surface area contributed by atoms with Gasteiger partial charge in [0.1, 0.15) is 13.2 Å². The Hall–Kier alpha value is -2.58. The SMILES string of the molecule is CC/C=C\C/C=C\C/C=C\C/C=C\C/C=C\C/C=C\C/C=C\CCCCCCCCCCCCCCCCCCCCCC(=O)NC(COP(=O)(O)OCC[N+](C)(C)C)C(O)/C=C/CCCCCCCCCCCCCCCCCCCCCCCCCCC. The van der Waals surface area contributed by atoms with E-state index in [1.165, 1.54) is 257 Å². The lowest BCUT2D eigenvalue weighted by Crippen LogP contribution is -2.45. The smallest absolute Gasteiger partial charge is 0.387 e. The summed E-state index contributed by atoms with van der Waals surface area (Å²) < 4.78 is 23.9. The summed E-state index contributed by atoms with van der Waals surface area (Å²) in [5.41, 5.74) is 0. The highest BCUT2D eigenvalue weighted by molar-refractivity contribution is 7.47. The van der Waals surface area contributed by atoms with Crippen LogP contribution in [0.15, 0.2) is 97.2 Å². The van der Waals surface area contributed by atoms with Crippen molar-refractivity contribution < 1.29 is 32.9 Å². The minimum absolute atomic E-state index is 0.0608. The fraction of sp³-hybridized carbons (Fsp3) is 0.790. The summed E-state index contributed by atoms with van der Waals surface area (Å²) in [6.07, 6.45) is 103. The van der Waals surface area contributed by atoms with Gasteiger partial charge in [-0.25, -0.2) is 4.57 Å². The zero-order valence-corrected chi connectivity index (χ0v) is 61.0. The van der Waals surface area contributed by atoms with Crippen molar-refractivity contribution in [3.8, 4) is 0 Å². The third kappa shape index (κ3) is 72.8. The average Bonchev–Trinajstić information content (AvgIpc) is 3.09. The molecule has 0 saturated heterocycles. The molecule has 0 fully saturated rings. The summed E-state index contributed by atoms with van der Waals surface area (Å²) in [6.45, 7) is 4.75. The van der Waals surface area contributed by atoms with Gasteiger partial charge in [-0.1, -0.05) is 374 Å². The van der Waals surface area contributed by atoms with Crippen molar-refractivity contribution in [3.63, 3.8) is 0 Å². The fourth-order valence-corrected chi connectivity index (χ4v) is 12.1. The quantitative estimate of drug-likeness (QED) is 0.0243. The minimum atomic E-state index is -4.36. The summed E-state index contributed by atoms with van der Waals surface area (Å²) in [5, 5.41) is 14.0. The number of nitrogens with one attached hydrogen (secondary N) is 1. The molecule has 8 nitrogen and oxygen atoms in total. The molecule has 0 rings (SSSR count). The molecule has 3 N–H and O–H groups in total. The summed E-state index contributed by atoms with van der Waals surface area (Å²) in [7, 11) is 1.58. The number of aliphatic hydroxyl groups is 1. The van der Waals surface area contributed by atoms with Crippen LogP contribution in [-0.2, 0) is 18.4 Å². The van der Waals surface area contributed by atoms with Gasteiger partial charge in [0.15, 0.2) is 0 Å². The summed E-state index contributed by atoms with van der Waals surface area (Å²) in [5.74, 6) is -0.172. The van der Waals surface area contributed by atoms with Crippen molar-refractivity contribution in [2.24, 2.45) is 0 Å². The predicted octanol–water partition coefficient (Wildman–Crippen LogP) is 25.2. The zero-order chi connectivity index (χ0) is 65.5. The molecule has 524 valence electrons. The first-order valence-electron chi connectivity index (χ1n) is 38.6. The number of quaternary nitrogens is 1. The van der Waals surface area contributed by atoms with E-state index in [2.05, 4.69) is 104 Å². The van der Waals surface area contributed by atoms with Crippen LogP contribution in [0.5, 0.6) is 0 Å². The van der Waals surface area contributed by atoms with Crippen LogP contribution in [0.2, 0.25) is 0 Å². The van der Waals surface area contributed by atoms with Crippen molar-refractivity contribution in [2.45, 2.75) is 373 Å². The standard InChI is InChI=1S/C81H149N2O6P/c1-6-8-10-12-14-16-18-20-22-24-26-28-30-32-34-35-36-37-38-39-40-41-42-43-44-45-46-47-49-51-53-55-57-59-61-63-65-67-69-71-73-75-81(85)82-79(78-89-90(86,87)88-77-76-83(3,4)5)80(84)74-72-70-68-66-64-62-60-58-56-54-52-50-48-33-31-29-27-25-23-21-19-17-15-13-11-9-7-2/h8,10,14,16,20,22,26,28,32,34,36-37,39-40,72,74,79-80,84H,6-7,9,11-13,15,17-19,21,23-25,27,29-31,33,35,38,41-71,73,75-78H2,1-5H3,(H-,82,85,86,87)/p+1/b10-8-,16-14-,22-20-,28-26-,34-32-,37-36-,40-39-,74-72+. The molecule has 0 aliphatic rings. The maximum absolute atomic E-state index is 13.1. The third-order valence-electron chi connectivity index (χ3n) is 17.3. The number of aliphatic hydroxyl groups excluding tert-OH is 1. The van der Waals surface area contributed by atoms with Crippen LogP contribution in [0.4, 0.5) is 0 Å². The van der Waals surface area contributed by atoms with Crippen molar-refractivity contribution in [1.82, 2.24) is 5.32 Å². The highest BCUT2D eigenvalue weighted by Crippen LogP contribution is 2.43. The largest absolute Gasteiger partial charge is 0.472 e. The van der Waals surface area contributed by atoms with Crippen LogP contribution in [0.3, 0.4) is 0 Å². The molecule has 0 radical (unpaired) electrons. The first-order valence-corrected chi connectivity index (χ1v) is 40.1. The van der Waals surface area contributed by atoms with Crippen LogP contribution in [-0.4, -0.2) is 73.4 Å². The van der Waals surface area contributed by atoms with Crippen LogP contribution in [0, 0.1) is 0 Å². The van der Waals surface area contributed by atoms with Gasteiger partial charge in [-0.05, 0) is 77.0 Å². The van der Waals surface area contributed by atoms with Crippen LogP contribution in [0.1, 0.15) is 361 Å². The van der Waals surface area contributed by atoms with E-state index in [1.807, 2.05) is 27.2 Å². The van der Waals surface area contributed by atoms with Gasteiger partial charge in [0.25, 0.3) is 0 Å². The van der Waals surface area contributed by atoms with E-state index in [0.29, 0.717) is 17.4 Å². The monoisotopic (exact) mass is 1280 g/mol. The molecule has 0 bridgehead atoms. The predicted molar refractivity (Wildman–Crippen MR) is 396 cm³/mol. The number of carbonyl (C=O) groups excluding carboxylic acids is 1. The molecule has 1 amide bonds. The van der Waals surface area contributed by atoms with Crippen LogP contribution >= 0.6 is 7.82 Å². The second kappa shape index (κ2) is 70.7. The molecule has 0 aliphatic carbocycles. The Balaban J connectivity index is 3.98. The molecule has 0 aromatic carbocycles. The number of phosphoric ester groups is 1. The first kappa shape index (κ1) is 87.4. The van der Waals surface area contributed by atoms with Crippen LogP contribution in [0.25, 0.3) is 0 Å². The number of phosphoric acid groups is 1. The molecule has 9 heteroatoms. The topological polar surface area (TPSA) is 105 Å². The Morgan fingerprint density at radius 1 is 0.389 bits per heavy atom. The van der Waals surface area contributed by atoms with Crippen molar-refractivity contribution in [1.29, 1.82) is 0 Å². The number of carbonyl (C=O) groups is 1. The Morgan fingerprint density at radius 3 is 0.978 bits per heavy atom. The number of allylic oxidation sites excluding steroid dienone is 15. The lowest BCUT2D eigenvalue weighted by molar-refractivity contribution is -0.870. The first-order chi connectivity index (χ1) is 44.0. The molecular formula is C81H150N2O6P+. The van der Waals surface area contributed by atoms with Gasteiger partial charge in [-0.2, -0.15) is 0 Å². The number of nitrogens with zero attached hydrogens (tertiary/aromatic N) is 1. The molecule has 3 unspecified atom stereocenters. The minimum Gasteiger partial charge on any atom is -0.387 e. The Bertz CT molecular complexity index is 1790. The summed E-state index contributed by atoms with van der Waals surface area (Å²) in [4.78, 5) is 23.5. The second-order valence-electron chi connectivity index (χ2n) is 27.4. The van der Waals surface area contributed by atoms with Gasteiger partial charge < -0.3 is 19.8 Å². The summed E-state index contributed by atoms with van der Waals surface area (Å²) in [6, 6.07) is -0.851. The fourth-order valence-electron chi connectivity index (χ4n) is 11.4. The lowest BCUT2D eigenvalue weighted by Gasteiger charge is -2.25. The maximum atomic E-state index is 13.1. The molecule has 90 heavy (non-hydrogen) atoms. The molecular weight excluding hydrogens is 1130 g/mol. The van der Waals surface area contributed by atoms with Gasteiger partial charge >= 0.3 is 7.82 Å². The Morgan fingerprint density at radius 2 is 0.667 bits per heavy atom. The number of likely N-dealkylation sites (N-methyl/N-ethyl adjacent to an activating group) is 1.